The third-order valence-corrected chi connectivity index (χ3v) is 11.4. The van der Waals surface area contributed by atoms with Crippen molar-refractivity contribution in [2.24, 2.45) is 0 Å². The van der Waals surface area contributed by atoms with Crippen LogP contribution in [-0.4, -0.2) is 13.7 Å². The van der Waals surface area contributed by atoms with E-state index in [9.17, 15) is 10.5 Å². The highest BCUT2D eigenvalue weighted by atomic mass is 15.0. The second kappa shape index (κ2) is 12.1. The highest BCUT2D eigenvalue weighted by Gasteiger charge is 2.21. The molecule has 0 aliphatic carbocycles. The monoisotopic (exact) mass is 713 g/mol. The highest BCUT2D eigenvalue weighted by molar-refractivity contribution is 6.16. The number of aryl methyl sites for hydroxylation is 1. The maximum Gasteiger partial charge on any atom is 0.101 e. The lowest BCUT2D eigenvalue weighted by atomic mass is 9.99. The van der Waals surface area contributed by atoms with Crippen LogP contribution in [0.3, 0.4) is 0 Å². The molecule has 0 unspecified atom stereocenters. The SMILES string of the molecule is Cc1cc(-c2ccc(-n3c4ccccc4c4c(-n5c6ccccc6c6ccccc65)cccc43)c(C#N)c2)ccc1-n1c2ccccc2c2ccc(C#N)cc21. The van der Waals surface area contributed by atoms with E-state index in [-0.39, 0.29) is 0 Å². The fourth-order valence-electron chi connectivity index (χ4n) is 9.01. The first kappa shape index (κ1) is 31.6. The zero-order chi connectivity index (χ0) is 37.5. The molecule has 56 heavy (non-hydrogen) atoms. The van der Waals surface area contributed by atoms with E-state index < -0.39 is 0 Å². The third-order valence-electron chi connectivity index (χ3n) is 11.4. The average Bonchev–Trinajstić information content (AvgIpc) is 3.89. The van der Waals surface area contributed by atoms with Crippen molar-refractivity contribution in [3.05, 3.63) is 187 Å². The van der Waals surface area contributed by atoms with E-state index in [0.717, 1.165) is 88.4 Å². The van der Waals surface area contributed by atoms with Crippen LogP contribution in [0, 0.1) is 29.6 Å². The molecular weight excluding hydrogens is 683 g/mol. The zero-order valence-corrected chi connectivity index (χ0v) is 30.4. The number of hydrogen-bond donors (Lipinski definition) is 0. The van der Waals surface area contributed by atoms with E-state index in [2.05, 4.69) is 178 Å². The molecule has 11 rings (SSSR count). The lowest BCUT2D eigenvalue weighted by Gasteiger charge is -2.15. The molecule has 0 radical (unpaired) electrons. The smallest absolute Gasteiger partial charge is 0.101 e. The van der Waals surface area contributed by atoms with Crippen LogP contribution in [0.15, 0.2) is 170 Å². The first-order valence-electron chi connectivity index (χ1n) is 18.7. The molecule has 0 N–H and O–H groups in total. The number of aromatic nitrogens is 3. The molecule has 3 aromatic heterocycles. The van der Waals surface area contributed by atoms with E-state index in [1.54, 1.807) is 0 Å². The van der Waals surface area contributed by atoms with Gasteiger partial charge in [-0.25, -0.2) is 0 Å². The summed E-state index contributed by atoms with van der Waals surface area (Å²) >= 11 is 0. The minimum Gasteiger partial charge on any atom is -0.309 e. The quantitative estimate of drug-likeness (QED) is 0.182. The van der Waals surface area contributed by atoms with Gasteiger partial charge in [0.15, 0.2) is 0 Å². The van der Waals surface area contributed by atoms with E-state index in [1.165, 1.54) is 10.8 Å². The summed E-state index contributed by atoms with van der Waals surface area (Å²) in [5.41, 5.74) is 13.8. The van der Waals surface area contributed by atoms with E-state index in [1.807, 2.05) is 24.3 Å². The Kier molecular flexibility index (Phi) is 6.83. The van der Waals surface area contributed by atoms with Crippen LogP contribution in [0.2, 0.25) is 0 Å². The van der Waals surface area contributed by atoms with Crippen molar-refractivity contribution in [2.75, 3.05) is 0 Å². The van der Waals surface area contributed by atoms with Crippen molar-refractivity contribution in [3.63, 3.8) is 0 Å². The predicted molar refractivity (Wildman–Crippen MR) is 229 cm³/mol. The Bertz CT molecular complexity index is 3470. The average molecular weight is 714 g/mol. The van der Waals surface area contributed by atoms with Gasteiger partial charge < -0.3 is 13.7 Å². The Balaban J connectivity index is 1.07. The van der Waals surface area contributed by atoms with Crippen LogP contribution in [0.5, 0.6) is 0 Å². The second-order valence-corrected chi connectivity index (χ2v) is 14.4. The Labute approximate surface area is 322 Å². The summed E-state index contributed by atoms with van der Waals surface area (Å²) in [4.78, 5) is 0. The summed E-state index contributed by atoms with van der Waals surface area (Å²) in [5, 5.41) is 27.4. The van der Waals surface area contributed by atoms with Gasteiger partial charge >= 0.3 is 0 Å². The molecule has 0 fully saturated rings. The molecule has 0 atom stereocenters. The maximum absolute atomic E-state index is 10.7. The standard InChI is InChI=1S/C51H31N5/c1-32-27-34(22-25-42(32)54-44-15-6-4-13-39(44)40-24-21-33(30-52)28-50(40)54)35-23-26-43(36(29-35)31-53)55-47-18-9-5-14-41(47)51-48(55)19-10-20-49(51)56-45-16-7-2-11-37(45)38-12-3-8-17-46(38)56/h2-29H,1H3. The minimum atomic E-state index is 0.598. The lowest BCUT2D eigenvalue weighted by molar-refractivity contribution is 1.15. The maximum atomic E-state index is 10.7. The molecule has 0 spiro atoms. The van der Waals surface area contributed by atoms with E-state index in [4.69, 9.17) is 0 Å². The molecule has 5 heteroatoms. The molecule has 3 heterocycles. The summed E-state index contributed by atoms with van der Waals surface area (Å²) in [6.45, 7) is 2.13. The number of fused-ring (bicyclic) bond motifs is 9. The lowest BCUT2D eigenvalue weighted by Crippen LogP contribution is -2.00. The largest absolute Gasteiger partial charge is 0.309 e. The number of nitriles is 2. The summed E-state index contributed by atoms with van der Waals surface area (Å²) < 4.78 is 6.88. The number of para-hydroxylation sites is 4. The van der Waals surface area contributed by atoms with Crippen molar-refractivity contribution in [1.82, 2.24) is 13.7 Å². The van der Waals surface area contributed by atoms with Crippen LogP contribution in [0.25, 0.3) is 93.6 Å². The number of rotatable bonds is 4. The Morgan fingerprint density at radius 3 is 1.48 bits per heavy atom. The first-order chi connectivity index (χ1) is 27.6. The van der Waals surface area contributed by atoms with Gasteiger partial charge in [-0.2, -0.15) is 10.5 Å². The van der Waals surface area contributed by atoms with Gasteiger partial charge in [0, 0.05) is 38.0 Å². The molecule has 0 amide bonds. The molecule has 5 nitrogen and oxygen atoms in total. The van der Waals surface area contributed by atoms with Gasteiger partial charge in [-0.3, -0.25) is 0 Å². The van der Waals surface area contributed by atoms with Gasteiger partial charge in [0.25, 0.3) is 0 Å². The molecule has 0 aliphatic heterocycles. The van der Waals surface area contributed by atoms with Gasteiger partial charge in [-0.05, 0) is 96.4 Å². The predicted octanol–water partition coefficient (Wildman–Crippen LogP) is 12.7. The number of benzene rings is 8. The van der Waals surface area contributed by atoms with Crippen LogP contribution >= 0.6 is 0 Å². The van der Waals surface area contributed by atoms with Crippen LogP contribution in [0.1, 0.15) is 16.7 Å². The molecular formula is C51H31N5. The molecule has 0 saturated carbocycles. The summed E-state index contributed by atoms with van der Waals surface area (Å²) in [5.74, 6) is 0. The molecule has 0 saturated heterocycles. The fourth-order valence-corrected chi connectivity index (χ4v) is 9.01. The molecule has 0 bridgehead atoms. The molecule has 11 aromatic rings. The summed E-state index contributed by atoms with van der Waals surface area (Å²) in [7, 11) is 0. The third kappa shape index (κ3) is 4.46. The Hall–Kier alpha value is -7.86. The van der Waals surface area contributed by atoms with Crippen molar-refractivity contribution in [3.8, 4) is 40.3 Å². The van der Waals surface area contributed by atoms with Gasteiger partial charge in [-0.15, -0.1) is 0 Å². The normalized spacial score (nSPS) is 11.6. The fraction of sp³-hybridized carbons (Fsp3) is 0.0196. The van der Waals surface area contributed by atoms with Crippen molar-refractivity contribution < 1.29 is 0 Å². The second-order valence-electron chi connectivity index (χ2n) is 14.4. The van der Waals surface area contributed by atoms with E-state index >= 15 is 0 Å². The van der Waals surface area contributed by atoms with Gasteiger partial charge in [0.05, 0.1) is 61.7 Å². The zero-order valence-electron chi connectivity index (χ0n) is 30.4. The number of nitrogens with zero attached hydrogens (tertiary/aromatic N) is 5. The van der Waals surface area contributed by atoms with E-state index in [0.29, 0.717) is 11.1 Å². The molecule has 8 aromatic carbocycles. The Morgan fingerprint density at radius 2 is 0.875 bits per heavy atom. The Morgan fingerprint density at radius 1 is 0.375 bits per heavy atom. The topological polar surface area (TPSA) is 62.4 Å². The summed E-state index contributed by atoms with van der Waals surface area (Å²) in [6, 6.07) is 64.1. The summed E-state index contributed by atoms with van der Waals surface area (Å²) in [6.07, 6.45) is 0. The number of hydrogen-bond acceptors (Lipinski definition) is 2. The highest BCUT2D eigenvalue weighted by Crippen LogP contribution is 2.41. The van der Waals surface area contributed by atoms with Gasteiger partial charge in [0.1, 0.15) is 6.07 Å². The molecule has 0 aliphatic rings. The van der Waals surface area contributed by atoms with Crippen LogP contribution in [-0.2, 0) is 0 Å². The molecule has 260 valence electrons. The van der Waals surface area contributed by atoms with Gasteiger partial charge in [-0.1, -0.05) is 97.1 Å². The van der Waals surface area contributed by atoms with Crippen molar-refractivity contribution >= 4 is 65.4 Å². The van der Waals surface area contributed by atoms with Crippen molar-refractivity contribution in [1.29, 1.82) is 10.5 Å². The van der Waals surface area contributed by atoms with Gasteiger partial charge in [0.2, 0.25) is 0 Å². The van der Waals surface area contributed by atoms with Crippen LogP contribution in [0.4, 0.5) is 0 Å². The first-order valence-corrected chi connectivity index (χ1v) is 18.7. The van der Waals surface area contributed by atoms with Crippen molar-refractivity contribution in [2.45, 2.75) is 6.92 Å². The minimum absolute atomic E-state index is 0.598. The van der Waals surface area contributed by atoms with Crippen LogP contribution < -0.4 is 0 Å².